The largest absolute Gasteiger partial charge is 0.378 e. The highest BCUT2D eigenvalue weighted by Crippen LogP contribution is 2.50. The number of nitrogens with one attached hydrogen (secondary N) is 1. The van der Waals surface area contributed by atoms with Gasteiger partial charge in [-0.15, -0.1) is 0 Å². The van der Waals surface area contributed by atoms with Crippen molar-refractivity contribution < 1.29 is 14.3 Å². The third kappa shape index (κ3) is 4.17. The van der Waals surface area contributed by atoms with Crippen molar-refractivity contribution in [2.75, 3.05) is 11.9 Å². The third-order valence-electron chi connectivity index (χ3n) is 5.83. The molecule has 2 rings (SSSR count). The number of carbonyl (C=O) groups is 2. The molecule has 1 saturated carbocycles. The molecule has 1 fully saturated rings. The Balaban J connectivity index is 2.02. The van der Waals surface area contributed by atoms with Crippen molar-refractivity contribution in [1.82, 2.24) is 4.90 Å². The number of benzene rings is 1. The number of carbonyl (C=O) groups excluding carboxylic acids is 2. The summed E-state index contributed by atoms with van der Waals surface area (Å²) in [6.07, 6.45) is 0.508. The van der Waals surface area contributed by atoms with Gasteiger partial charge in [0, 0.05) is 43.6 Å². The van der Waals surface area contributed by atoms with Gasteiger partial charge in [0.2, 0.25) is 11.8 Å². The number of rotatable bonds is 7. The van der Waals surface area contributed by atoms with Gasteiger partial charge in [0.15, 0.2) is 0 Å². The van der Waals surface area contributed by atoms with Gasteiger partial charge in [-0.05, 0) is 38.5 Å². The van der Waals surface area contributed by atoms with Crippen LogP contribution in [0.2, 0.25) is 0 Å². The van der Waals surface area contributed by atoms with E-state index in [4.69, 9.17) is 10.5 Å². The van der Waals surface area contributed by atoms with Crippen molar-refractivity contribution in [1.29, 1.82) is 0 Å². The summed E-state index contributed by atoms with van der Waals surface area (Å²) in [5, 5.41) is 2.93. The second kappa shape index (κ2) is 7.98. The summed E-state index contributed by atoms with van der Waals surface area (Å²) in [5.41, 5.74) is 6.76. The molecule has 150 valence electrons. The van der Waals surface area contributed by atoms with Crippen LogP contribution in [0.1, 0.15) is 53.5 Å². The number of hydrogen-bond acceptors (Lipinski definition) is 4. The van der Waals surface area contributed by atoms with E-state index in [-0.39, 0.29) is 24.0 Å². The van der Waals surface area contributed by atoms with E-state index in [0.29, 0.717) is 25.3 Å². The van der Waals surface area contributed by atoms with Crippen LogP contribution in [-0.2, 0) is 20.9 Å². The van der Waals surface area contributed by atoms with E-state index in [1.54, 1.807) is 11.8 Å². The lowest BCUT2D eigenvalue weighted by Crippen LogP contribution is -2.74. The molecular formula is C21H33N3O3. The number of nitrogens with two attached hydrogens (primary N) is 1. The van der Waals surface area contributed by atoms with Gasteiger partial charge in [-0.3, -0.25) is 9.59 Å². The van der Waals surface area contributed by atoms with Crippen molar-refractivity contribution >= 4 is 17.5 Å². The van der Waals surface area contributed by atoms with Gasteiger partial charge in [-0.25, -0.2) is 0 Å². The first-order valence-electron chi connectivity index (χ1n) is 9.61. The minimum absolute atomic E-state index is 0.00535. The fraction of sp³-hybridized carbons (Fsp3) is 0.619. The van der Waals surface area contributed by atoms with Crippen molar-refractivity contribution in [3.05, 3.63) is 29.8 Å². The standard InChI is InChI=1S/C21H33N3O3/c1-7-27-18-12-21(22,20(18,5)6)19(26)23-17-10-8-16(9-11-17)13-24(14(2)3)15(4)25/h8-11,14,18H,7,12-13,22H2,1-6H3,(H,23,26). The topological polar surface area (TPSA) is 84.7 Å². The molecule has 0 aliphatic heterocycles. The first-order chi connectivity index (χ1) is 12.5. The lowest BCUT2D eigenvalue weighted by molar-refractivity contribution is -0.166. The SMILES string of the molecule is CCOC1CC(N)(C(=O)Nc2ccc(CN(C(C)=O)C(C)C)cc2)C1(C)C. The normalized spacial score (nSPS) is 23.6. The molecule has 3 N–H and O–H groups in total. The maximum Gasteiger partial charge on any atom is 0.245 e. The van der Waals surface area contributed by atoms with E-state index in [1.807, 2.05) is 58.9 Å². The quantitative estimate of drug-likeness (QED) is 0.767. The highest BCUT2D eigenvalue weighted by atomic mass is 16.5. The summed E-state index contributed by atoms with van der Waals surface area (Å²) in [6.45, 7) is 12.6. The Morgan fingerprint density at radius 2 is 1.89 bits per heavy atom. The summed E-state index contributed by atoms with van der Waals surface area (Å²) >= 11 is 0. The number of anilines is 1. The van der Waals surface area contributed by atoms with Crippen LogP contribution in [0.5, 0.6) is 0 Å². The van der Waals surface area contributed by atoms with Gasteiger partial charge in [-0.1, -0.05) is 26.0 Å². The molecule has 0 bridgehead atoms. The summed E-state index contributed by atoms with van der Waals surface area (Å²) in [6, 6.07) is 7.68. The van der Waals surface area contributed by atoms with Crippen LogP contribution < -0.4 is 11.1 Å². The highest BCUT2D eigenvalue weighted by molar-refractivity contribution is 5.99. The van der Waals surface area contributed by atoms with Crippen LogP contribution in [0.25, 0.3) is 0 Å². The predicted octanol–water partition coefficient (Wildman–Crippen LogP) is 2.91. The van der Waals surface area contributed by atoms with Crippen molar-refractivity contribution in [3.63, 3.8) is 0 Å². The predicted molar refractivity (Wildman–Crippen MR) is 107 cm³/mol. The van der Waals surface area contributed by atoms with E-state index in [9.17, 15) is 9.59 Å². The van der Waals surface area contributed by atoms with Gasteiger partial charge in [0.1, 0.15) is 5.54 Å². The molecule has 0 heterocycles. The van der Waals surface area contributed by atoms with Crippen LogP contribution in [0.4, 0.5) is 5.69 Å². The summed E-state index contributed by atoms with van der Waals surface area (Å²) < 4.78 is 5.69. The Hall–Kier alpha value is -1.92. The Bertz CT molecular complexity index is 684. The molecule has 6 heteroatoms. The molecule has 2 unspecified atom stereocenters. The fourth-order valence-electron chi connectivity index (χ4n) is 3.61. The Morgan fingerprint density at radius 1 is 1.30 bits per heavy atom. The van der Waals surface area contributed by atoms with Gasteiger partial charge in [-0.2, -0.15) is 0 Å². The van der Waals surface area contributed by atoms with Crippen LogP contribution in [0.3, 0.4) is 0 Å². The Labute approximate surface area is 162 Å². The molecule has 0 spiro atoms. The van der Waals surface area contributed by atoms with Gasteiger partial charge in [0.05, 0.1) is 6.10 Å². The molecule has 0 saturated heterocycles. The number of nitrogens with zero attached hydrogens (tertiary/aromatic N) is 1. The van der Waals surface area contributed by atoms with Crippen molar-refractivity contribution in [2.24, 2.45) is 11.1 Å². The molecule has 0 radical (unpaired) electrons. The second-order valence-electron chi connectivity index (χ2n) is 8.23. The number of hydrogen-bond donors (Lipinski definition) is 2. The molecule has 1 aromatic carbocycles. The maximum absolute atomic E-state index is 12.8. The lowest BCUT2D eigenvalue weighted by Gasteiger charge is -2.57. The maximum atomic E-state index is 12.8. The average molecular weight is 376 g/mol. The van der Waals surface area contributed by atoms with Crippen LogP contribution in [0.15, 0.2) is 24.3 Å². The van der Waals surface area contributed by atoms with Crippen molar-refractivity contribution in [2.45, 2.75) is 72.2 Å². The molecule has 1 aliphatic carbocycles. The molecule has 6 nitrogen and oxygen atoms in total. The fourth-order valence-corrected chi connectivity index (χ4v) is 3.61. The highest BCUT2D eigenvalue weighted by Gasteiger charge is 2.62. The monoisotopic (exact) mass is 375 g/mol. The summed E-state index contributed by atoms with van der Waals surface area (Å²) in [7, 11) is 0. The zero-order valence-corrected chi connectivity index (χ0v) is 17.3. The molecule has 2 amide bonds. The molecule has 0 aromatic heterocycles. The first kappa shape index (κ1) is 21.4. The van der Waals surface area contributed by atoms with Crippen LogP contribution >= 0.6 is 0 Å². The zero-order chi connectivity index (χ0) is 20.4. The van der Waals surface area contributed by atoms with E-state index < -0.39 is 11.0 Å². The molecule has 1 aromatic rings. The number of ether oxygens (including phenoxy) is 1. The minimum atomic E-state index is -0.950. The number of amides is 2. The second-order valence-corrected chi connectivity index (χ2v) is 8.23. The smallest absolute Gasteiger partial charge is 0.245 e. The van der Waals surface area contributed by atoms with Gasteiger partial charge < -0.3 is 20.7 Å². The van der Waals surface area contributed by atoms with E-state index in [0.717, 1.165) is 5.56 Å². The van der Waals surface area contributed by atoms with Gasteiger partial charge >= 0.3 is 0 Å². The van der Waals surface area contributed by atoms with E-state index in [2.05, 4.69) is 5.32 Å². The Morgan fingerprint density at radius 3 is 2.33 bits per heavy atom. The molecule has 1 aliphatic rings. The summed E-state index contributed by atoms with van der Waals surface area (Å²) in [4.78, 5) is 26.3. The minimum Gasteiger partial charge on any atom is -0.378 e. The van der Waals surface area contributed by atoms with E-state index >= 15 is 0 Å². The average Bonchev–Trinajstić information content (AvgIpc) is 2.59. The molecule has 2 atom stereocenters. The zero-order valence-electron chi connectivity index (χ0n) is 17.3. The third-order valence-corrected chi connectivity index (χ3v) is 5.83. The molecule has 27 heavy (non-hydrogen) atoms. The van der Waals surface area contributed by atoms with Crippen molar-refractivity contribution in [3.8, 4) is 0 Å². The molecular weight excluding hydrogens is 342 g/mol. The van der Waals surface area contributed by atoms with Gasteiger partial charge in [0.25, 0.3) is 0 Å². The van der Waals surface area contributed by atoms with E-state index in [1.165, 1.54) is 0 Å². The van der Waals surface area contributed by atoms with Crippen LogP contribution in [-0.4, -0.2) is 41.0 Å². The lowest BCUT2D eigenvalue weighted by atomic mass is 9.54. The van der Waals surface area contributed by atoms with Crippen LogP contribution in [0, 0.1) is 5.41 Å². The Kier molecular flexibility index (Phi) is 6.32. The summed E-state index contributed by atoms with van der Waals surface area (Å²) in [5.74, 6) is -0.146. The first-order valence-corrected chi connectivity index (χ1v) is 9.61.